The van der Waals surface area contributed by atoms with E-state index in [2.05, 4.69) is 15.9 Å². The van der Waals surface area contributed by atoms with Crippen LogP contribution in [0.2, 0.25) is 0 Å². The molecule has 1 heterocycles. The molecule has 0 bridgehead atoms. The van der Waals surface area contributed by atoms with Crippen molar-refractivity contribution in [2.45, 2.75) is 5.92 Å². The molecule has 1 aliphatic rings. The smallest absolute Gasteiger partial charge is 0.344 e. The molecule has 0 amide bonds. The summed E-state index contributed by atoms with van der Waals surface area (Å²) >= 11 is 3.32. The third kappa shape index (κ3) is 3.53. The molecule has 0 radical (unpaired) electrons. The predicted octanol–water partition coefficient (Wildman–Crippen LogP) is 5.03. The first-order chi connectivity index (χ1) is 14.5. The van der Waals surface area contributed by atoms with Crippen LogP contribution in [0, 0.1) is 17.1 Å². The second kappa shape index (κ2) is 8.01. The highest BCUT2D eigenvalue weighted by Gasteiger charge is 2.32. The van der Waals surface area contributed by atoms with Crippen molar-refractivity contribution in [1.29, 1.82) is 5.26 Å². The van der Waals surface area contributed by atoms with Crippen LogP contribution >= 0.6 is 15.9 Å². The summed E-state index contributed by atoms with van der Waals surface area (Å²) in [5.74, 6) is -1.34. The van der Waals surface area contributed by atoms with Gasteiger partial charge in [-0.15, -0.1) is 0 Å². The van der Waals surface area contributed by atoms with Crippen molar-refractivity contribution in [1.82, 2.24) is 0 Å². The van der Waals surface area contributed by atoms with Gasteiger partial charge in [-0.3, -0.25) is 0 Å². The zero-order chi connectivity index (χ0) is 21.3. The zero-order valence-electron chi connectivity index (χ0n) is 15.4. The van der Waals surface area contributed by atoms with E-state index in [1.165, 1.54) is 12.1 Å². The lowest BCUT2D eigenvalue weighted by Gasteiger charge is -2.27. The second-order valence-corrected chi connectivity index (χ2v) is 7.37. The van der Waals surface area contributed by atoms with Crippen LogP contribution < -0.4 is 15.2 Å². The van der Waals surface area contributed by atoms with E-state index in [0.29, 0.717) is 21.2 Å². The molecule has 4 rings (SSSR count). The first kappa shape index (κ1) is 19.7. The predicted molar refractivity (Wildman–Crippen MR) is 111 cm³/mol. The van der Waals surface area contributed by atoms with E-state index < -0.39 is 17.7 Å². The van der Waals surface area contributed by atoms with Crippen molar-refractivity contribution >= 4 is 21.9 Å². The summed E-state index contributed by atoms with van der Waals surface area (Å²) < 4.78 is 26.1. The summed E-state index contributed by atoms with van der Waals surface area (Å²) in [5, 5.41) is 9.57. The Bertz CT molecular complexity index is 1230. The summed E-state index contributed by atoms with van der Waals surface area (Å²) in [4.78, 5) is 12.5. The molecule has 3 aromatic carbocycles. The Morgan fingerprint density at radius 3 is 2.57 bits per heavy atom. The quantitative estimate of drug-likeness (QED) is 0.434. The van der Waals surface area contributed by atoms with Gasteiger partial charge in [0.2, 0.25) is 5.88 Å². The maximum atomic E-state index is 14.5. The highest BCUT2D eigenvalue weighted by atomic mass is 79.9. The van der Waals surface area contributed by atoms with Crippen molar-refractivity contribution in [2.75, 3.05) is 0 Å². The van der Waals surface area contributed by atoms with Gasteiger partial charge in [-0.25, -0.2) is 9.18 Å². The lowest BCUT2D eigenvalue weighted by molar-refractivity contribution is 0.0733. The minimum Gasteiger partial charge on any atom is -0.440 e. The molecule has 2 N–H and O–H groups in total. The average Bonchev–Trinajstić information content (AvgIpc) is 2.73. The van der Waals surface area contributed by atoms with Crippen molar-refractivity contribution in [3.05, 3.63) is 105 Å². The van der Waals surface area contributed by atoms with Crippen molar-refractivity contribution in [3.63, 3.8) is 0 Å². The van der Waals surface area contributed by atoms with E-state index >= 15 is 0 Å². The van der Waals surface area contributed by atoms with Gasteiger partial charge in [-0.2, -0.15) is 5.26 Å². The SMILES string of the molecule is N#CC1=C(N)Oc2cc(OC(=O)c3ccccc3Br)ccc2C1c1ccccc1F. The molecule has 0 saturated heterocycles. The van der Waals surface area contributed by atoms with Crippen LogP contribution in [-0.2, 0) is 0 Å². The molecule has 0 spiro atoms. The molecule has 1 aliphatic heterocycles. The summed E-state index contributed by atoms with van der Waals surface area (Å²) in [6.45, 7) is 0. The normalized spacial score (nSPS) is 15.0. The van der Waals surface area contributed by atoms with Gasteiger partial charge in [0.25, 0.3) is 0 Å². The van der Waals surface area contributed by atoms with Gasteiger partial charge in [0, 0.05) is 21.7 Å². The molecule has 1 unspecified atom stereocenters. The topological polar surface area (TPSA) is 85.3 Å². The Morgan fingerprint density at radius 1 is 1.10 bits per heavy atom. The number of carbonyl (C=O) groups excluding carboxylic acids is 1. The number of benzene rings is 3. The summed E-state index contributed by atoms with van der Waals surface area (Å²) in [5.41, 5.74) is 7.28. The number of rotatable bonds is 3. The molecule has 0 aromatic heterocycles. The highest BCUT2D eigenvalue weighted by molar-refractivity contribution is 9.10. The van der Waals surface area contributed by atoms with Gasteiger partial charge in [0.1, 0.15) is 29.0 Å². The molecule has 30 heavy (non-hydrogen) atoms. The number of fused-ring (bicyclic) bond motifs is 1. The van der Waals surface area contributed by atoms with E-state index in [1.807, 2.05) is 6.07 Å². The number of nitriles is 1. The number of esters is 1. The van der Waals surface area contributed by atoms with Crippen LogP contribution in [0.3, 0.4) is 0 Å². The Morgan fingerprint density at radius 2 is 1.83 bits per heavy atom. The van der Waals surface area contributed by atoms with Crippen LogP contribution in [0.25, 0.3) is 0 Å². The molecule has 7 heteroatoms. The van der Waals surface area contributed by atoms with Crippen LogP contribution in [0.15, 0.2) is 82.7 Å². The van der Waals surface area contributed by atoms with Gasteiger partial charge >= 0.3 is 5.97 Å². The summed E-state index contributed by atoms with van der Waals surface area (Å²) in [7, 11) is 0. The van der Waals surface area contributed by atoms with Crippen LogP contribution in [-0.4, -0.2) is 5.97 Å². The number of nitrogens with zero attached hydrogens (tertiary/aromatic N) is 1. The molecule has 3 aromatic rings. The summed E-state index contributed by atoms with van der Waals surface area (Å²) in [6, 6.07) is 19.8. The first-order valence-corrected chi connectivity index (χ1v) is 9.71. The third-order valence-electron chi connectivity index (χ3n) is 4.71. The number of hydrogen-bond acceptors (Lipinski definition) is 5. The lowest BCUT2D eigenvalue weighted by Crippen LogP contribution is -2.21. The lowest BCUT2D eigenvalue weighted by atomic mass is 9.83. The molecule has 0 saturated carbocycles. The van der Waals surface area contributed by atoms with Crippen LogP contribution in [0.4, 0.5) is 4.39 Å². The third-order valence-corrected chi connectivity index (χ3v) is 5.40. The second-order valence-electron chi connectivity index (χ2n) is 6.52. The van der Waals surface area contributed by atoms with Gasteiger partial charge in [0.05, 0.1) is 11.5 Å². The summed E-state index contributed by atoms with van der Waals surface area (Å²) in [6.07, 6.45) is 0. The number of hydrogen-bond donors (Lipinski definition) is 1. The van der Waals surface area contributed by atoms with Crippen molar-refractivity contribution in [3.8, 4) is 17.6 Å². The fourth-order valence-electron chi connectivity index (χ4n) is 3.32. The Hall–Kier alpha value is -3.63. The average molecular weight is 465 g/mol. The Kier molecular flexibility index (Phi) is 5.25. The number of halogens is 2. The fourth-order valence-corrected chi connectivity index (χ4v) is 3.76. The number of carbonyl (C=O) groups is 1. The molecule has 0 fully saturated rings. The number of ether oxygens (including phenoxy) is 2. The Labute approximate surface area is 180 Å². The maximum absolute atomic E-state index is 14.5. The number of allylic oxidation sites excluding steroid dienone is 1. The van der Waals surface area contributed by atoms with Crippen LogP contribution in [0.5, 0.6) is 11.5 Å². The van der Waals surface area contributed by atoms with Gasteiger partial charge < -0.3 is 15.2 Å². The molecule has 1 atom stereocenters. The van der Waals surface area contributed by atoms with E-state index in [0.717, 1.165) is 0 Å². The first-order valence-electron chi connectivity index (χ1n) is 8.92. The van der Waals surface area contributed by atoms with Gasteiger partial charge in [0.15, 0.2) is 0 Å². The van der Waals surface area contributed by atoms with Crippen LogP contribution in [0.1, 0.15) is 27.4 Å². The number of nitrogens with two attached hydrogens (primary N) is 1. The zero-order valence-corrected chi connectivity index (χ0v) is 17.0. The van der Waals surface area contributed by atoms with E-state index in [-0.39, 0.29) is 23.0 Å². The van der Waals surface area contributed by atoms with Gasteiger partial charge in [-0.05, 0) is 40.2 Å². The fraction of sp³-hybridized carbons (Fsp3) is 0.0435. The van der Waals surface area contributed by atoms with Crippen molar-refractivity contribution in [2.24, 2.45) is 5.73 Å². The highest BCUT2D eigenvalue weighted by Crippen LogP contribution is 2.44. The molecule has 0 aliphatic carbocycles. The Balaban J connectivity index is 1.73. The van der Waals surface area contributed by atoms with Crippen molar-refractivity contribution < 1.29 is 18.7 Å². The maximum Gasteiger partial charge on any atom is 0.344 e. The van der Waals surface area contributed by atoms with Gasteiger partial charge in [-0.1, -0.05) is 36.4 Å². The van der Waals surface area contributed by atoms with E-state index in [4.69, 9.17) is 15.2 Å². The largest absolute Gasteiger partial charge is 0.440 e. The molecule has 5 nitrogen and oxygen atoms in total. The monoisotopic (exact) mass is 464 g/mol. The standard InChI is InChI=1S/C23H14BrFN2O3/c24-18-7-3-1-5-14(18)23(28)29-13-9-10-16-20(11-13)30-22(27)17(12-26)21(16)15-6-2-4-8-19(15)25/h1-11,21H,27H2. The molecular weight excluding hydrogens is 451 g/mol. The molecular formula is C23H14BrFN2O3. The van der Waals surface area contributed by atoms with E-state index in [1.54, 1.807) is 54.6 Å². The molecule has 148 valence electrons. The van der Waals surface area contributed by atoms with E-state index in [9.17, 15) is 14.4 Å². The minimum atomic E-state index is -0.729. The minimum absolute atomic E-state index is 0.116.